The maximum atomic E-state index is 13.1. The van der Waals surface area contributed by atoms with Crippen LogP contribution in [0.15, 0.2) is 48.6 Å². The van der Waals surface area contributed by atoms with Crippen LogP contribution in [0, 0.1) is 0 Å². The van der Waals surface area contributed by atoms with Crippen LogP contribution in [0.3, 0.4) is 0 Å². The fourth-order valence-corrected chi connectivity index (χ4v) is 8.89. The van der Waals surface area contributed by atoms with Gasteiger partial charge < -0.3 is 39.0 Å². The van der Waals surface area contributed by atoms with Gasteiger partial charge in [-0.1, -0.05) is 236 Å². The molecule has 12 nitrogen and oxygen atoms in total. The number of aliphatic carboxylic acids is 1. The van der Waals surface area contributed by atoms with Crippen molar-refractivity contribution >= 4 is 23.9 Å². The Morgan fingerprint density at radius 3 is 1.32 bits per heavy atom. The molecule has 0 amide bonds. The number of carboxylic acids is 1. The van der Waals surface area contributed by atoms with Crippen molar-refractivity contribution in [3.63, 3.8) is 0 Å². The minimum atomic E-state index is -1.91. The number of hydrogen-bond donors (Lipinski definition) is 3. The molecular weight excluding hydrogens is 925 g/mol. The topological polar surface area (TPSA) is 175 Å². The maximum Gasteiger partial charge on any atom is 0.335 e. The lowest BCUT2D eigenvalue weighted by Gasteiger charge is -2.40. The summed E-state index contributed by atoms with van der Waals surface area (Å²) < 4.78 is 28.4. The van der Waals surface area contributed by atoms with Gasteiger partial charge in [0.1, 0.15) is 18.8 Å². The molecule has 6 atom stereocenters. The standard InChI is InChI=1S/C61H106O12/c1-4-7-10-13-16-19-22-24-26-27-29-31-34-37-40-43-46-49-55(64)72-59-57(66)56(65)58(60(67)68)73-61(59)70-51-52(71-54(63)48-45-42-39-36-32-21-18-15-12-9-6-3)50-69-53(62)47-44-41-38-35-33-30-28-25-23-20-17-14-11-8-5-2/h7,10,16,19,24,26,29,31,52,56-59,61,65-66H,4-6,8-9,11-15,17-18,20-23,25,27-28,30,32-51H2,1-3H3,(H,67,68)/b10-7-,19-16-,26-24-,31-29-. The third kappa shape index (κ3) is 39.7. The van der Waals surface area contributed by atoms with Gasteiger partial charge in [0.2, 0.25) is 0 Å². The monoisotopic (exact) mass is 1030 g/mol. The summed E-state index contributed by atoms with van der Waals surface area (Å²) in [6.45, 7) is 5.88. The second-order valence-corrected chi connectivity index (χ2v) is 20.3. The smallest absolute Gasteiger partial charge is 0.335 e. The quantitative estimate of drug-likeness (QED) is 0.0228. The van der Waals surface area contributed by atoms with Gasteiger partial charge >= 0.3 is 23.9 Å². The molecule has 0 spiro atoms. The Bertz CT molecular complexity index is 1460. The highest BCUT2D eigenvalue weighted by molar-refractivity contribution is 5.74. The molecule has 0 aromatic heterocycles. The first-order valence-electron chi connectivity index (χ1n) is 29.6. The molecule has 1 fully saturated rings. The zero-order valence-corrected chi connectivity index (χ0v) is 46.4. The van der Waals surface area contributed by atoms with Crippen molar-refractivity contribution in [3.8, 4) is 0 Å². The van der Waals surface area contributed by atoms with E-state index in [-0.39, 0.29) is 25.9 Å². The Kier molecular flexibility index (Phi) is 45.9. The molecule has 1 rings (SSSR count). The predicted molar refractivity (Wildman–Crippen MR) is 294 cm³/mol. The molecule has 73 heavy (non-hydrogen) atoms. The first kappa shape index (κ1) is 67.7. The predicted octanol–water partition coefficient (Wildman–Crippen LogP) is 15.0. The van der Waals surface area contributed by atoms with Gasteiger partial charge in [-0.05, 0) is 57.8 Å². The Labute approximate surface area is 443 Å². The van der Waals surface area contributed by atoms with E-state index in [4.69, 9.17) is 23.7 Å². The van der Waals surface area contributed by atoms with Crippen molar-refractivity contribution in [1.82, 2.24) is 0 Å². The van der Waals surface area contributed by atoms with Crippen molar-refractivity contribution in [3.05, 3.63) is 48.6 Å². The largest absolute Gasteiger partial charge is 0.479 e. The Morgan fingerprint density at radius 2 is 0.863 bits per heavy atom. The molecule has 6 unspecified atom stereocenters. The van der Waals surface area contributed by atoms with E-state index in [9.17, 15) is 34.5 Å². The molecule has 1 aliphatic rings. The maximum absolute atomic E-state index is 13.1. The first-order valence-corrected chi connectivity index (χ1v) is 29.6. The third-order valence-electron chi connectivity index (χ3n) is 13.4. The normalized spacial score (nSPS) is 18.6. The van der Waals surface area contributed by atoms with Gasteiger partial charge in [0, 0.05) is 19.3 Å². The van der Waals surface area contributed by atoms with Gasteiger partial charge in [0.15, 0.2) is 24.6 Å². The summed E-state index contributed by atoms with van der Waals surface area (Å²) >= 11 is 0. The number of unbranched alkanes of at least 4 members (excludes halogenated alkanes) is 28. The van der Waals surface area contributed by atoms with E-state index in [1.54, 1.807) is 0 Å². The van der Waals surface area contributed by atoms with Gasteiger partial charge in [0.05, 0.1) is 6.61 Å². The van der Waals surface area contributed by atoms with Crippen molar-refractivity contribution in [2.75, 3.05) is 13.2 Å². The number of hydrogen-bond acceptors (Lipinski definition) is 11. The summed E-state index contributed by atoms with van der Waals surface area (Å²) in [5.74, 6) is -3.13. The Morgan fingerprint density at radius 1 is 0.466 bits per heavy atom. The van der Waals surface area contributed by atoms with E-state index in [2.05, 4.69) is 69.4 Å². The highest BCUT2D eigenvalue weighted by atomic mass is 16.7. The van der Waals surface area contributed by atoms with Gasteiger partial charge in [0.25, 0.3) is 0 Å². The lowest BCUT2D eigenvalue weighted by molar-refractivity contribution is -0.301. The summed E-state index contributed by atoms with van der Waals surface area (Å²) in [7, 11) is 0. The number of carboxylic acid groups (broad SMARTS) is 1. The van der Waals surface area contributed by atoms with Crippen LogP contribution in [-0.4, -0.2) is 89.2 Å². The number of rotatable bonds is 50. The molecule has 422 valence electrons. The third-order valence-corrected chi connectivity index (χ3v) is 13.4. The molecule has 3 N–H and O–H groups in total. The van der Waals surface area contributed by atoms with Crippen molar-refractivity contribution in [2.24, 2.45) is 0 Å². The molecule has 1 saturated heterocycles. The van der Waals surface area contributed by atoms with Crippen LogP contribution in [0.1, 0.15) is 265 Å². The SMILES string of the molecule is CC/C=C\C/C=C\C/C=C\C/C=C\CCCCCCC(=O)OC1C(OCC(COC(=O)CCCCCCCCCCCCCCCCC)OC(=O)CCCCCCCCCCCCC)OC(C(=O)O)C(O)C1O. The van der Waals surface area contributed by atoms with Crippen LogP contribution in [0.5, 0.6) is 0 Å². The summed E-state index contributed by atoms with van der Waals surface area (Å²) in [4.78, 5) is 51.0. The van der Waals surface area contributed by atoms with Gasteiger partial charge in [-0.25, -0.2) is 4.79 Å². The second-order valence-electron chi connectivity index (χ2n) is 20.3. The number of ether oxygens (including phenoxy) is 5. The van der Waals surface area contributed by atoms with Crippen LogP contribution in [0.2, 0.25) is 0 Å². The fraction of sp³-hybridized carbons (Fsp3) is 0.803. The van der Waals surface area contributed by atoms with Crippen LogP contribution >= 0.6 is 0 Å². The van der Waals surface area contributed by atoms with Gasteiger partial charge in [-0.15, -0.1) is 0 Å². The Balaban J connectivity index is 2.68. The number of esters is 3. The number of aliphatic hydroxyl groups excluding tert-OH is 2. The van der Waals surface area contributed by atoms with Crippen LogP contribution in [-0.2, 0) is 42.9 Å². The molecule has 0 aromatic carbocycles. The molecule has 0 aliphatic carbocycles. The lowest BCUT2D eigenvalue weighted by Crippen LogP contribution is -2.61. The molecule has 12 heteroatoms. The van der Waals surface area contributed by atoms with Crippen molar-refractivity contribution in [1.29, 1.82) is 0 Å². The molecule has 1 aliphatic heterocycles. The molecular formula is C61H106O12. The number of allylic oxidation sites excluding steroid dienone is 8. The molecule has 0 bridgehead atoms. The van der Waals surface area contributed by atoms with E-state index < -0.39 is 67.3 Å². The minimum absolute atomic E-state index is 0.0347. The zero-order valence-electron chi connectivity index (χ0n) is 46.4. The first-order chi connectivity index (χ1) is 35.6. The van der Waals surface area contributed by atoms with Crippen molar-refractivity contribution < 1.29 is 58.2 Å². The molecule has 0 aromatic rings. The molecule has 1 heterocycles. The van der Waals surface area contributed by atoms with Gasteiger partial charge in [-0.3, -0.25) is 14.4 Å². The minimum Gasteiger partial charge on any atom is -0.479 e. The van der Waals surface area contributed by atoms with Crippen molar-refractivity contribution in [2.45, 2.75) is 302 Å². The number of carbonyl (C=O) groups is 4. The zero-order chi connectivity index (χ0) is 53.3. The van der Waals surface area contributed by atoms with Crippen LogP contribution < -0.4 is 0 Å². The second kappa shape index (κ2) is 49.6. The van der Waals surface area contributed by atoms with Crippen LogP contribution in [0.25, 0.3) is 0 Å². The van der Waals surface area contributed by atoms with E-state index in [0.717, 1.165) is 89.9 Å². The summed E-state index contributed by atoms with van der Waals surface area (Å²) in [5.41, 5.74) is 0. The van der Waals surface area contributed by atoms with Crippen LogP contribution in [0.4, 0.5) is 0 Å². The summed E-state index contributed by atoms with van der Waals surface area (Å²) in [6.07, 6.45) is 46.5. The average Bonchev–Trinajstić information content (AvgIpc) is 3.37. The fourth-order valence-electron chi connectivity index (χ4n) is 8.89. The highest BCUT2D eigenvalue weighted by Crippen LogP contribution is 2.26. The van der Waals surface area contributed by atoms with E-state index >= 15 is 0 Å². The number of aliphatic hydroxyl groups is 2. The molecule has 0 saturated carbocycles. The Hall–Kier alpha value is -3.32. The summed E-state index contributed by atoms with van der Waals surface area (Å²) in [5, 5.41) is 31.5. The average molecular weight is 1030 g/mol. The highest BCUT2D eigenvalue weighted by Gasteiger charge is 2.50. The lowest BCUT2D eigenvalue weighted by atomic mass is 9.98. The summed E-state index contributed by atoms with van der Waals surface area (Å²) in [6, 6.07) is 0. The van der Waals surface area contributed by atoms with Gasteiger partial charge in [-0.2, -0.15) is 0 Å². The number of carbonyl (C=O) groups excluding carboxylic acids is 3. The van der Waals surface area contributed by atoms with E-state index in [1.807, 2.05) is 0 Å². The molecule has 0 radical (unpaired) electrons. The van der Waals surface area contributed by atoms with E-state index in [1.165, 1.54) is 116 Å². The van der Waals surface area contributed by atoms with E-state index in [0.29, 0.717) is 19.3 Å².